The van der Waals surface area contributed by atoms with Crippen molar-refractivity contribution in [2.75, 3.05) is 5.73 Å². The van der Waals surface area contributed by atoms with Gasteiger partial charge in [-0.25, -0.2) is 0 Å². The van der Waals surface area contributed by atoms with Crippen LogP contribution >= 0.6 is 0 Å². The second kappa shape index (κ2) is 3.56. The Kier molecular flexibility index (Phi) is 2.07. The highest BCUT2D eigenvalue weighted by atomic mass is 15.0. The third-order valence-corrected chi connectivity index (χ3v) is 3.04. The van der Waals surface area contributed by atoms with Crippen molar-refractivity contribution in [3.05, 3.63) is 59.9 Å². The lowest BCUT2D eigenvalue weighted by atomic mass is 10.0. The Morgan fingerprint density at radius 1 is 1.19 bits per heavy atom. The van der Waals surface area contributed by atoms with E-state index < -0.39 is 0 Å². The fraction of sp³-hybridized carbons (Fsp3) is 0.143. The molecule has 1 aliphatic heterocycles. The molecule has 0 unspecified atom stereocenters. The predicted octanol–water partition coefficient (Wildman–Crippen LogP) is 2.71. The van der Waals surface area contributed by atoms with Gasteiger partial charge in [0.25, 0.3) is 0 Å². The van der Waals surface area contributed by atoms with E-state index in [4.69, 9.17) is 5.73 Å². The molecule has 0 aliphatic carbocycles. The summed E-state index contributed by atoms with van der Waals surface area (Å²) >= 11 is 0. The minimum atomic E-state index is 0.839. The first kappa shape index (κ1) is 9.28. The molecule has 2 aromatic rings. The van der Waals surface area contributed by atoms with Crippen LogP contribution in [0.15, 0.2) is 48.7 Å². The van der Waals surface area contributed by atoms with Crippen molar-refractivity contribution in [1.82, 2.24) is 4.57 Å². The van der Waals surface area contributed by atoms with Crippen LogP contribution in [-0.2, 0) is 13.0 Å². The summed E-state index contributed by atoms with van der Waals surface area (Å²) in [6.07, 6.45) is 5.38. The number of hydrogen-bond donors (Lipinski definition) is 1. The Morgan fingerprint density at radius 2 is 2.12 bits per heavy atom. The van der Waals surface area contributed by atoms with E-state index in [1.807, 2.05) is 18.2 Å². The SMILES string of the molecule is Nc1cccc(CC2=CCn3cccc32)c1. The molecular formula is C14H14N2. The highest BCUT2D eigenvalue weighted by molar-refractivity contribution is 5.68. The number of aromatic nitrogens is 1. The number of nitrogens with two attached hydrogens (primary N) is 1. The first-order valence-electron chi connectivity index (χ1n) is 5.52. The van der Waals surface area contributed by atoms with Gasteiger partial charge in [-0.3, -0.25) is 0 Å². The Bertz CT molecular complexity index is 549. The van der Waals surface area contributed by atoms with Gasteiger partial charge in [-0.05, 0) is 41.8 Å². The van der Waals surface area contributed by atoms with E-state index in [0.29, 0.717) is 0 Å². The summed E-state index contributed by atoms with van der Waals surface area (Å²) in [7, 11) is 0. The van der Waals surface area contributed by atoms with Crippen LogP contribution < -0.4 is 5.73 Å². The molecule has 0 amide bonds. The summed E-state index contributed by atoms with van der Waals surface area (Å²) in [4.78, 5) is 0. The highest BCUT2D eigenvalue weighted by Gasteiger charge is 2.12. The van der Waals surface area contributed by atoms with Gasteiger partial charge in [0.05, 0.1) is 0 Å². The monoisotopic (exact) mass is 210 g/mol. The summed E-state index contributed by atoms with van der Waals surface area (Å²) in [5, 5.41) is 0. The zero-order chi connectivity index (χ0) is 11.0. The molecular weight excluding hydrogens is 196 g/mol. The van der Waals surface area contributed by atoms with Crippen molar-refractivity contribution in [2.24, 2.45) is 0 Å². The van der Waals surface area contributed by atoms with Gasteiger partial charge in [0.1, 0.15) is 0 Å². The van der Waals surface area contributed by atoms with Crippen molar-refractivity contribution in [2.45, 2.75) is 13.0 Å². The second-order valence-corrected chi connectivity index (χ2v) is 4.20. The number of allylic oxidation sites excluding steroid dienone is 2. The van der Waals surface area contributed by atoms with E-state index in [1.165, 1.54) is 16.8 Å². The summed E-state index contributed by atoms with van der Waals surface area (Å²) in [6.45, 7) is 1.000. The fourth-order valence-electron chi connectivity index (χ4n) is 2.26. The Balaban J connectivity index is 1.87. The molecule has 3 rings (SSSR count). The highest BCUT2D eigenvalue weighted by Crippen LogP contribution is 2.26. The maximum Gasteiger partial charge on any atom is 0.0442 e. The van der Waals surface area contributed by atoms with E-state index in [9.17, 15) is 0 Å². The van der Waals surface area contributed by atoms with Gasteiger partial charge in [-0.15, -0.1) is 0 Å². The van der Waals surface area contributed by atoms with Crippen LogP contribution in [-0.4, -0.2) is 4.57 Å². The van der Waals surface area contributed by atoms with Crippen molar-refractivity contribution in [1.29, 1.82) is 0 Å². The van der Waals surface area contributed by atoms with Crippen LogP contribution in [0.3, 0.4) is 0 Å². The lowest BCUT2D eigenvalue weighted by molar-refractivity contribution is 0.846. The molecule has 2 heterocycles. The normalized spacial score (nSPS) is 13.6. The molecule has 0 fully saturated rings. The largest absolute Gasteiger partial charge is 0.399 e. The molecule has 0 saturated heterocycles. The average Bonchev–Trinajstić information content (AvgIpc) is 2.83. The molecule has 0 atom stereocenters. The standard InChI is InChI=1S/C14H14N2/c15-13-4-1-3-11(10-13)9-12-6-8-16-7-2-5-14(12)16/h1-7,10H,8-9,15H2. The third-order valence-electron chi connectivity index (χ3n) is 3.04. The number of anilines is 1. The van der Waals surface area contributed by atoms with Gasteiger partial charge in [-0.1, -0.05) is 18.2 Å². The van der Waals surface area contributed by atoms with Gasteiger partial charge in [-0.2, -0.15) is 0 Å². The lowest BCUT2D eigenvalue weighted by Gasteiger charge is -2.04. The fourth-order valence-corrected chi connectivity index (χ4v) is 2.26. The molecule has 0 spiro atoms. The number of nitrogens with zero attached hydrogens (tertiary/aromatic N) is 1. The predicted molar refractivity (Wildman–Crippen MR) is 67.0 cm³/mol. The molecule has 1 aliphatic rings. The van der Waals surface area contributed by atoms with Gasteiger partial charge in [0, 0.05) is 24.1 Å². The Labute approximate surface area is 95.0 Å². The number of rotatable bonds is 2. The summed E-state index contributed by atoms with van der Waals surface area (Å²) in [6, 6.07) is 12.4. The molecule has 1 aromatic carbocycles. The molecule has 0 saturated carbocycles. The molecule has 0 radical (unpaired) electrons. The lowest BCUT2D eigenvalue weighted by Crippen LogP contribution is -1.93. The van der Waals surface area contributed by atoms with E-state index in [1.54, 1.807) is 0 Å². The maximum atomic E-state index is 5.78. The molecule has 2 nitrogen and oxygen atoms in total. The van der Waals surface area contributed by atoms with Crippen LogP contribution in [0, 0.1) is 0 Å². The van der Waals surface area contributed by atoms with E-state index >= 15 is 0 Å². The van der Waals surface area contributed by atoms with Crippen LogP contribution in [0.2, 0.25) is 0 Å². The van der Waals surface area contributed by atoms with Crippen molar-refractivity contribution in [3.63, 3.8) is 0 Å². The summed E-state index contributed by atoms with van der Waals surface area (Å²) < 4.78 is 2.27. The van der Waals surface area contributed by atoms with E-state index in [-0.39, 0.29) is 0 Å². The van der Waals surface area contributed by atoms with Crippen LogP contribution in [0.25, 0.3) is 5.57 Å². The summed E-state index contributed by atoms with van der Waals surface area (Å²) in [5.74, 6) is 0. The zero-order valence-corrected chi connectivity index (χ0v) is 9.06. The topological polar surface area (TPSA) is 30.9 Å². The van der Waals surface area contributed by atoms with Gasteiger partial charge >= 0.3 is 0 Å². The average molecular weight is 210 g/mol. The van der Waals surface area contributed by atoms with Crippen molar-refractivity contribution >= 4 is 11.3 Å². The van der Waals surface area contributed by atoms with Crippen molar-refractivity contribution < 1.29 is 0 Å². The van der Waals surface area contributed by atoms with Gasteiger partial charge in [0.15, 0.2) is 0 Å². The molecule has 16 heavy (non-hydrogen) atoms. The third kappa shape index (κ3) is 1.52. The quantitative estimate of drug-likeness (QED) is 0.759. The Morgan fingerprint density at radius 3 is 3.00 bits per heavy atom. The van der Waals surface area contributed by atoms with Crippen LogP contribution in [0.4, 0.5) is 5.69 Å². The minimum absolute atomic E-state index is 0.839. The molecule has 0 bridgehead atoms. The van der Waals surface area contributed by atoms with E-state index in [0.717, 1.165) is 18.7 Å². The molecule has 1 aromatic heterocycles. The van der Waals surface area contributed by atoms with Crippen molar-refractivity contribution in [3.8, 4) is 0 Å². The minimum Gasteiger partial charge on any atom is -0.399 e. The van der Waals surface area contributed by atoms with Gasteiger partial charge in [0.2, 0.25) is 0 Å². The van der Waals surface area contributed by atoms with Gasteiger partial charge < -0.3 is 10.3 Å². The Hall–Kier alpha value is -1.96. The second-order valence-electron chi connectivity index (χ2n) is 4.20. The van der Waals surface area contributed by atoms with Crippen LogP contribution in [0.5, 0.6) is 0 Å². The zero-order valence-electron chi connectivity index (χ0n) is 9.06. The number of fused-ring (bicyclic) bond motifs is 1. The maximum absolute atomic E-state index is 5.78. The number of hydrogen-bond acceptors (Lipinski definition) is 1. The molecule has 2 N–H and O–H groups in total. The number of benzene rings is 1. The van der Waals surface area contributed by atoms with E-state index in [2.05, 4.69) is 35.0 Å². The first-order chi connectivity index (χ1) is 7.83. The number of nitrogen functional groups attached to an aromatic ring is 1. The molecule has 80 valence electrons. The van der Waals surface area contributed by atoms with Crippen LogP contribution in [0.1, 0.15) is 11.3 Å². The summed E-state index contributed by atoms with van der Waals surface area (Å²) in [5.41, 5.74) is 10.6. The molecule has 2 heteroatoms. The smallest absolute Gasteiger partial charge is 0.0442 e. The first-order valence-corrected chi connectivity index (χ1v) is 5.52.